The molecule has 8 aromatic rings. The number of carbonyl (C=O) groups excluding carboxylic acids is 4. The Morgan fingerprint density at radius 3 is 1.15 bits per heavy atom. The van der Waals surface area contributed by atoms with Gasteiger partial charge in [-0.2, -0.15) is 0 Å². The number of ether oxygens (including phenoxy) is 4. The molecule has 0 spiro atoms. The van der Waals surface area contributed by atoms with Crippen molar-refractivity contribution in [2.24, 2.45) is 0 Å². The molecule has 0 aromatic heterocycles. The first-order valence-corrected chi connectivity index (χ1v) is 19.2. The summed E-state index contributed by atoms with van der Waals surface area (Å²) in [5.41, 5.74) is 2.81. The van der Waals surface area contributed by atoms with E-state index in [1.165, 1.54) is 84.9 Å². The van der Waals surface area contributed by atoms with Gasteiger partial charge in [0.2, 0.25) is 0 Å². The van der Waals surface area contributed by atoms with Gasteiger partial charge in [-0.05, 0) is 130 Å². The van der Waals surface area contributed by atoms with Gasteiger partial charge in [-0.1, -0.05) is 84.9 Å². The molecule has 8 aromatic carbocycles. The van der Waals surface area contributed by atoms with Crippen molar-refractivity contribution in [3.63, 3.8) is 0 Å². The molecule has 8 rings (SSSR count). The minimum atomic E-state index is -0.679. The van der Waals surface area contributed by atoms with E-state index in [1.807, 2.05) is 60.7 Å². The van der Waals surface area contributed by atoms with E-state index in [-0.39, 0.29) is 45.6 Å². The largest absolute Gasteiger partial charge is 0.508 e. The number of hydrogen-bond donors (Lipinski definition) is 2. The molecule has 0 aliphatic carbocycles. The molecule has 0 fully saturated rings. The molecule has 0 saturated heterocycles. The van der Waals surface area contributed by atoms with Gasteiger partial charge in [0.15, 0.2) is 0 Å². The summed E-state index contributed by atoms with van der Waals surface area (Å²) in [6, 6.07) is 46.8. The Kier molecular flexibility index (Phi) is 11.6. The van der Waals surface area contributed by atoms with Gasteiger partial charge < -0.3 is 29.2 Å². The van der Waals surface area contributed by atoms with Crippen molar-refractivity contribution in [3.8, 4) is 45.6 Å². The average Bonchev–Trinajstić information content (AvgIpc) is 3.29. The van der Waals surface area contributed by atoms with E-state index >= 15 is 0 Å². The maximum absolute atomic E-state index is 13.8. The molecule has 0 aliphatic rings. The van der Waals surface area contributed by atoms with Gasteiger partial charge in [-0.25, -0.2) is 19.2 Å². The molecule has 0 amide bonds. The summed E-state index contributed by atoms with van der Waals surface area (Å²) in [4.78, 5) is 52.5. The lowest BCUT2D eigenvalue weighted by Crippen LogP contribution is -2.11. The van der Waals surface area contributed by atoms with Crippen LogP contribution in [0.4, 0.5) is 0 Å². The standard InChI is InChI=1S/C52H34O10/c53-39-21-9-33(10-22-39)13-31-47(55)59-41-25-15-37(16-26-41)51(57)61-45-29-19-35-5-1-3-7-43(35)49(45)50-44-8-4-2-6-36(44)20-30-46(50)62-52(58)38-17-27-42(28-18-38)60-48(56)32-14-34-11-23-40(54)24-12-34/h1-32,53-54H/b31-13+,32-14+. The molecular formula is C52H34O10. The number of fused-ring (bicyclic) bond motifs is 2. The van der Waals surface area contributed by atoms with E-state index in [1.54, 1.807) is 48.6 Å². The zero-order valence-corrected chi connectivity index (χ0v) is 32.6. The first kappa shape index (κ1) is 40.0. The highest BCUT2D eigenvalue weighted by Gasteiger charge is 2.23. The summed E-state index contributed by atoms with van der Waals surface area (Å²) in [5.74, 6) is -1.54. The summed E-state index contributed by atoms with van der Waals surface area (Å²) in [7, 11) is 0. The molecule has 0 radical (unpaired) electrons. The van der Waals surface area contributed by atoms with Crippen LogP contribution in [0.3, 0.4) is 0 Å². The second-order valence-electron chi connectivity index (χ2n) is 13.8. The van der Waals surface area contributed by atoms with Crippen molar-refractivity contribution in [1.29, 1.82) is 0 Å². The van der Waals surface area contributed by atoms with Crippen molar-refractivity contribution >= 4 is 57.6 Å². The molecular weight excluding hydrogens is 785 g/mol. The molecule has 0 unspecified atom stereocenters. The van der Waals surface area contributed by atoms with Crippen LogP contribution in [0.1, 0.15) is 31.8 Å². The molecule has 10 nitrogen and oxygen atoms in total. The predicted molar refractivity (Wildman–Crippen MR) is 235 cm³/mol. The highest BCUT2D eigenvalue weighted by atomic mass is 16.5. The third-order valence-electron chi connectivity index (χ3n) is 9.66. The minimum Gasteiger partial charge on any atom is -0.508 e. The van der Waals surface area contributed by atoms with E-state index < -0.39 is 23.9 Å². The number of benzene rings is 8. The van der Waals surface area contributed by atoms with Gasteiger partial charge in [-0.3, -0.25) is 0 Å². The summed E-state index contributed by atoms with van der Waals surface area (Å²) in [5, 5.41) is 22.1. The van der Waals surface area contributed by atoms with Crippen LogP contribution in [0.25, 0.3) is 44.8 Å². The minimum absolute atomic E-state index is 0.112. The van der Waals surface area contributed by atoms with E-state index in [2.05, 4.69) is 0 Å². The molecule has 0 saturated carbocycles. The van der Waals surface area contributed by atoms with Crippen LogP contribution in [-0.2, 0) is 9.59 Å². The summed E-state index contributed by atoms with van der Waals surface area (Å²) in [6.45, 7) is 0. The van der Waals surface area contributed by atoms with Crippen LogP contribution < -0.4 is 18.9 Å². The van der Waals surface area contributed by atoms with Crippen molar-refractivity contribution < 1.29 is 48.3 Å². The summed E-state index contributed by atoms with van der Waals surface area (Å²) >= 11 is 0. The lowest BCUT2D eigenvalue weighted by Gasteiger charge is -2.19. The van der Waals surface area contributed by atoms with Crippen molar-refractivity contribution in [1.82, 2.24) is 0 Å². The van der Waals surface area contributed by atoms with Gasteiger partial charge >= 0.3 is 23.9 Å². The maximum Gasteiger partial charge on any atom is 0.343 e. The number of carbonyl (C=O) groups is 4. The van der Waals surface area contributed by atoms with Crippen LogP contribution in [0.15, 0.2) is 182 Å². The Bertz CT molecular complexity index is 2810. The number of rotatable bonds is 11. The average molecular weight is 819 g/mol. The van der Waals surface area contributed by atoms with E-state index in [4.69, 9.17) is 18.9 Å². The Balaban J connectivity index is 1.04. The smallest absolute Gasteiger partial charge is 0.343 e. The van der Waals surface area contributed by atoms with E-state index in [0.29, 0.717) is 22.3 Å². The van der Waals surface area contributed by atoms with Crippen LogP contribution in [-0.4, -0.2) is 34.1 Å². The summed E-state index contributed by atoms with van der Waals surface area (Å²) < 4.78 is 23.1. The Morgan fingerprint density at radius 2 is 0.758 bits per heavy atom. The zero-order valence-electron chi connectivity index (χ0n) is 32.6. The lowest BCUT2D eigenvalue weighted by molar-refractivity contribution is -0.129. The van der Waals surface area contributed by atoms with Gasteiger partial charge in [0.05, 0.1) is 11.1 Å². The normalized spacial score (nSPS) is 11.2. The topological polar surface area (TPSA) is 146 Å². The quantitative estimate of drug-likeness (QED) is 0.0734. The number of phenols is 2. The predicted octanol–water partition coefficient (Wildman–Crippen LogP) is 10.7. The highest BCUT2D eigenvalue weighted by Crippen LogP contribution is 2.46. The zero-order chi connectivity index (χ0) is 43.0. The molecule has 10 heteroatoms. The van der Waals surface area contributed by atoms with Gasteiger partial charge in [0, 0.05) is 23.3 Å². The monoisotopic (exact) mass is 818 g/mol. The first-order valence-electron chi connectivity index (χ1n) is 19.2. The van der Waals surface area contributed by atoms with Crippen molar-refractivity contribution in [3.05, 3.63) is 204 Å². The van der Waals surface area contributed by atoms with Crippen LogP contribution in [0.2, 0.25) is 0 Å². The van der Waals surface area contributed by atoms with E-state index in [9.17, 15) is 29.4 Å². The Morgan fingerprint density at radius 1 is 0.387 bits per heavy atom. The van der Waals surface area contributed by atoms with Crippen molar-refractivity contribution in [2.75, 3.05) is 0 Å². The second-order valence-corrected chi connectivity index (χ2v) is 13.8. The Hall–Kier alpha value is -8.76. The fourth-order valence-corrected chi connectivity index (χ4v) is 6.62. The molecule has 0 aliphatic heterocycles. The third-order valence-corrected chi connectivity index (χ3v) is 9.66. The van der Waals surface area contributed by atoms with Crippen LogP contribution >= 0.6 is 0 Å². The number of esters is 4. The van der Waals surface area contributed by atoms with Gasteiger partial charge in [-0.15, -0.1) is 0 Å². The van der Waals surface area contributed by atoms with Crippen molar-refractivity contribution in [2.45, 2.75) is 0 Å². The van der Waals surface area contributed by atoms with Crippen LogP contribution in [0.5, 0.6) is 34.5 Å². The fraction of sp³-hybridized carbons (Fsp3) is 0. The van der Waals surface area contributed by atoms with Gasteiger partial charge in [0.1, 0.15) is 34.5 Å². The maximum atomic E-state index is 13.8. The molecule has 62 heavy (non-hydrogen) atoms. The number of phenolic OH excluding ortho intramolecular Hbond substituents is 2. The fourth-order valence-electron chi connectivity index (χ4n) is 6.62. The van der Waals surface area contributed by atoms with E-state index in [0.717, 1.165) is 21.5 Å². The number of aromatic hydroxyl groups is 2. The molecule has 0 heterocycles. The molecule has 302 valence electrons. The first-order chi connectivity index (χ1) is 30.2. The second kappa shape index (κ2) is 18.0. The van der Waals surface area contributed by atoms with Crippen LogP contribution in [0, 0.1) is 0 Å². The third kappa shape index (κ3) is 9.41. The Labute approximate surface area is 354 Å². The lowest BCUT2D eigenvalue weighted by atomic mass is 9.92. The molecule has 2 N–H and O–H groups in total. The molecule has 0 atom stereocenters. The summed E-state index contributed by atoms with van der Waals surface area (Å²) in [6.07, 6.45) is 5.62. The molecule has 0 bridgehead atoms. The highest BCUT2D eigenvalue weighted by molar-refractivity contribution is 6.11. The van der Waals surface area contributed by atoms with Gasteiger partial charge in [0.25, 0.3) is 0 Å². The SMILES string of the molecule is O=C(/C=C/c1ccc(O)cc1)Oc1ccc(C(=O)Oc2ccc3ccccc3c2-c2c(OC(=O)c3ccc(OC(=O)/C=C/c4ccc(O)cc4)cc3)ccc3ccccc23)cc1. The number of hydrogen-bond acceptors (Lipinski definition) is 10.